The average molecular weight is 183 g/mol. The highest BCUT2D eigenvalue weighted by molar-refractivity contribution is 5.83. The van der Waals surface area contributed by atoms with Crippen LogP contribution in [0.3, 0.4) is 0 Å². The predicted octanol–water partition coefficient (Wildman–Crippen LogP) is 2.01. The molecule has 1 heterocycles. The maximum absolute atomic E-state index is 4.32. The summed E-state index contributed by atoms with van der Waals surface area (Å²) in [5.74, 6) is 1.20. The van der Waals surface area contributed by atoms with Crippen LogP contribution in [0, 0.1) is 5.41 Å². The van der Waals surface area contributed by atoms with Crippen molar-refractivity contribution in [3.8, 4) is 0 Å². The van der Waals surface area contributed by atoms with E-state index in [4.69, 9.17) is 0 Å². The Kier molecular flexibility index (Phi) is 2.84. The van der Waals surface area contributed by atoms with E-state index < -0.39 is 0 Å². The normalized spacial score (nSPS) is 17.7. The molecule has 0 saturated carbocycles. The molecule has 3 nitrogen and oxygen atoms in total. The summed E-state index contributed by atoms with van der Waals surface area (Å²) >= 11 is 0. The SMILES string of the molecule is CC(C)N1CNN=C1CC(C)(C)C. The van der Waals surface area contributed by atoms with Crippen LogP contribution in [0.1, 0.15) is 41.0 Å². The summed E-state index contributed by atoms with van der Waals surface area (Å²) in [4.78, 5) is 2.31. The van der Waals surface area contributed by atoms with Crippen molar-refractivity contribution in [2.75, 3.05) is 6.67 Å². The second-order valence-corrected chi connectivity index (χ2v) is 5.15. The van der Waals surface area contributed by atoms with E-state index in [1.54, 1.807) is 0 Å². The van der Waals surface area contributed by atoms with Crippen molar-refractivity contribution >= 4 is 5.84 Å². The van der Waals surface area contributed by atoms with Gasteiger partial charge in [0.25, 0.3) is 0 Å². The first-order valence-electron chi connectivity index (χ1n) is 4.96. The maximum Gasteiger partial charge on any atom is 0.127 e. The van der Waals surface area contributed by atoms with E-state index in [2.05, 4.69) is 50.0 Å². The minimum Gasteiger partial charge on any atom is -0.337 e. The van der Waals surface area contributed by atoms with Gasteiger partial charge in [-0.15, -0.1) is 0 Å². The molecule has 13 heavy (non-hydrogen) atoms. The molecule has 0 aromatic heterocycles. The Balaban J connectivity index is 2.59. The Morgan fingerprint density at radius 3 is 2.54 bits per heavy atom. The maximum atomic E-state index is 4.32. The number of hydrogen-bond donors (Lipinski definition) is 1. The van der Waals surface area contributed by atoms with Gasteiger partial charge in [-0.05, 0) is 19.3 Å². The van der Waals surface area contributed by atoms with Crippen molar-refractivity contribution in [2.24, 2.45) is 10.5 Å². The van der Waals surface area contributed by atoms with E-state index in [1.807, 2.05) is 0 Å². The molecule has 0 saturated heterocycles. The molecule has 1 aliphatic rings. The Hall–Kier alpha value is -0.730. The van der Waals surface area contributed by atoms with Gasteiger partial charge in [-0.2, -0.15) is 5.10 Å². The summed E-state index contributed by atoms with van der Waals surface area (Å²) in [6.45, 7) is 12.0. The molecule has 0 amide bonds. The third-order valence-electron chi connectivity index (χ3n) is 2.09. The topological polar surface area (TPSA) is 27.6 Å². The smallest absolute Gasteiger partial charge is 0.127 e. The van der Waals surface area contributed by atoms with Crippen LogP contribution in [0.15, 0.2) is 5.10 Å². The van der Waals surface area contributed by atoms with Gasteiger partial charge in [0.05, 0.1) is 0 Å². The van der Waals surface area contributed by atoms with Crippen molar-refractivity contribution < 1.29 is 0 Å². The Labute approximate surface area is 81.2 Å². The zero-order chi connectivity index (χ0) is 10.1. The summed E-state index contributed by atoms with van der Waals surface area (Å²) in [6, 6.07) is 0.538. The number of nitrogens with one attached hydrogen (secondary N) is 1. The molecule has 0 unspecified atom stereocenters. The molecular weight excluding hydrogens is 162 g/mol. The van der Waals surface area contributed by atoms with Crippen molar-refractivity contribution in [3.63, 3.8) is 0 Å². The third-order valence-corrected chi connectivity index (χ3v) is 2.09. The quantitative estimate of drug-likeness (QED) is 0.709. The van der Waals surface area contributed by atoms with E-state index in [9.17, 15) is 0 Å². The highest BCUT2D eigenvalue weighted by atomic mass is 15.5. The van der Waals surface area contributed by atoms with Crippen LogP contribution in [0.5, 0.6) is 0 Å². The van der Waals surface area contributed by atoms with Crippen molar-refractivity contribution in [2.45, 2.75) is 47.1 Å². The molecule has 1 aliphatic heterocycles. The standard InChI is InChI=1S/C10H21N3/c1-8(2)13-7-11-12-9(13)6-10(3,4)5/h8,11H,6-7H2,1-5H3. The Morgan fingerprint density at radius 1 is 1.46 bits per heavy atom. The lowest BCUT2D eigenvalue weighted by Crippen LogP contribution is -2.37. The molecule has 0 bridgehead atoms. The fourth-order valence-electron chi connectivity index (χ4n) is 1.45. The lowest BCUT2D eigenvalue weighted by molar-refractivity contribution is 0.333. The second kappa shape index (κ2) is 3.56. The molecular formula is C10H21N3. The highest BCUT2D eigenvalue weighted by Crippen LogP contribution is 2.22. The molecule has 1 rings (SSSR count). The first-order chi connectivity index (χ1) is 5.90. The number of rotatable bonds is 2. The van der Waals surface area contributed by atoms with E-state index in [1.165, 1.54) is 5.84 Å². The number of hydrazone groups is 1. The number of hydrogen-bond acceptors (Lipinski definition) is 3. The van der Waals surface area contributed by atoms with Gasteiger partial charge < -0.3 is 4.90 Å². The van der Waals surface area contributed by atoms with Gasteiger partial charge in [0.15, 0.2) is 0 Å². The molecule has 3 heteroatoms. The Morgan fingerprint density at radius 2 is 2.08 bits per heavy atom. The molecule has 0 atom stereocenters. The summed E-state index contributed by atoms with van der Waals surface area (Å²) in [7, 11) is 0. The molecule has 1 N–H and O–H groups in total. The zero-order valence-electron chi connectivity index (χ0n) is 9.39. The number of nitrogens with zero attached hydrogens (tertiary/aromatic N) is 2. The van der Waals surface area contributed by atoms with Crippen LogP contribution in [-0.4, -0.2) is 23.4 Å². The predicted molar refractivity (Wildman–Crippen MR) is 56.5 cm³/mol. The molecule has 0 fully saturated rings. The minimum atomic E-state index is 0.317. The molecule has 76 valence electrons. The van der Waals surface area contributed by atoms with Crippen LogP contribution in [0.4, 0.5) is 0 Å². The zero-order valence-corrected chi connectivity index (χ0v) is 9.39. The van der Waals surface area contributed by atoms with Gasteiger partial charge >= 0.3 is 0 Å². The van der Waals surface area contributed by atoms with Gasteiger partial charge in [-0.1, -0.05) is 20.8 Å². The molecule has 0 radical (unpaired) electrons. The van der Waals surface area contributed by atoms with Crippen molar-refractivity contribution in [1.29, 1.82) is 0 Å². The van der Waals surface area contributed by atoms with Crippen molar-refractivity contribution in [3.05, 3.63) is 0 Å². The van der Waals surface area contributed by atoms with Gasteiger partial charge in [-0.3, -0.25) is 5.43 Å². The summed E-state index contributed by atoms with van der Waals surface area (Å²) in [5, 5.41) is 4.32. The van der Waals surface area contributed by atoms with Crippen LogP contribution in [0.2, 0.25) is 0 Å². The van der Waals surface area contributed by atoms with Gasteiger partial charge in [0.2, 0.25) is 0 Å². The van der Waals surface area contributed by atoms with Gasteiger partial charge in [0, 0.05) is 12.5 Å². The summed E-state index contributed by atoms with van der Waals surface area (Å²) in [5.41, 5.74) is 3.36. The van der Waals surface area contributed by atoms with E-state index in [0.29, 0.717) is 11.5 Å². The van der Waals surface area contributed by atoms with Crippen molar-refractivity contribution in [1.82, 2.24) is 10.3 Å². The fraction of sp³-hybridized carbons (Fsp3) is 0.900. The Bertz CT molecular complexity index is 201. The monoisotopic (exact) mass is 183 g/mol. The van der Waals surface area contributed by atoms with Crippen LogP contribution in [-0.2, 0) is 0 Å². The van der Waals surface area contributed by atoms with Gasteiger partial charge in [-0.25, -0.2) is 0 Å². The molecule has 0 aromatic carbocycles. The molecule has 0 spiro atoms. The molecule has 0 aromatic rings. The minimum absolute atomic E-state index is 0.317. The average Bonchev–Trinajstić information content (AvgIpc) is 2.31. The number of amidine groups is 1. The second-order valence-electron chi connectivity index (χ2n) is 5.15. The third kappa shape index (κ3) is 2.90. The van der Waals surface area contributed by atoms with Gasteiger partial charge in [0.1, 0.15) is 12.5 Å². The lowest BCUT2D eigenvalue weighted by atomic mass is 9.91. The summed E-state index contributed by atoms with van der Waals surface area (Å²) < 4.78 is 0. The lowest BCUT2D eigenvalue weighted by Gasteiger charge is -2.27. The van der Waals surface area contributed by atoms with E-state index in [-0.39, 0.29) is 0 Å². The first-order valence-corrected chi connectivity index (χ1v) is 4.96. The van der Waals surface area contributed by atoms with Crippen LogP contribution >= 0.6 is 0 Å². The highest BCUT2D eigenvalue weighted by Gasteiger charge is 2.24. The molecule has 0 aliphatic carbocycles. The van der Waals surface area contributed by atoms with E-state index in [0.717, 1.165) is 13.1 Å². The largest absolute Gasteiger partial charge is 0.337 e. The summed E-state index contributed by atoms with van der Waals surface area (Å²) in [6.07, 6.45) is 1.04. The van der Waals surface area contributed by atoms with Crippen LogP contribution < -0.4 is 5.43 Å². The van der Waals surface area contributed by atoms with E-state index >= 15 is 0 Å². The van der Waals surface area contributed by atoms with Crippen LogP contribution in [0.25, 0.3) is 0 Å². The fourth-order valence-corrected chi connectivity index (χ4v) is 1.45. The first kappa shape index (κ1) is 10.4.